The molecule has 0 unspecified atom stereocenters. The molecule has 17 heavy (non-hydrogen) atoms. The second kappa shape index (κ2) is 5.14. The first-order chi connectivity index (χ1) is 8.19. The van der Waals surface area contributed by atoms with Crippen molar-refractivity contribution < 1.29 is 4.79 Å². The van der Waals surface area contributed by atoms with Crippen molar-refractivity contribution in [3.05, 3.63) is 23.4 Å². The molecule has 3 N–H and O–H groups in total. The normalized spacial score (nSPS) is 16.6. The van der Waals surface area contributed by atoms with Crippen molar-refractivity contribution in [3.63, 3.8) is 0 Å². The minimum Gasteiger partial charge on any atom is -0.354 e. The van der Waals surface area contributed by atoms with E-state index in [0.717, 1.165) is 23.6 Å². The molecule has 2 heterocycles. The van der Waals surface area contributed by atoms with Crippen molar-refractivity contribution in [2.75, 3.05) is 24.5 Å². The van der Waals surface area contributed by atoms with Gasteiger partial charge in [0.25, 0.3) is 0 Å². The Labute approximate surface area is 101 Å². The van der Waals surface area contributed by atoms with E-state index in [-0.39, 0.29) is 5.91 Å². The Morgan fingerprint density at radius 1 is 1.47 bits per heavy atom. The zero-order chi connectivity index (χ0) is 12.3. The van der Waals surface area contributed by atoms with Crippen LogP contribution in [0, 0.1) is 6.92 Å². The smallest absolute Gasteiger partial charge is 0.221 e. The fraction of sp³-hybridized carbons (Fsp3) is 0.500. The number of hydrogen-bond donors (Lipinski definition) is 2. The maximum Gasteiger partial charge on any atom is 0.221 e. The Bertz CT molecular complexity index is 419. The lowest BCUT2D eigenvalue weighted by molar-refractivity contribution is -0.120. The van der Waals surface area contributed by atoms with Crippen LogP contribution in [0.15, 0.2) is 12.1 Å². The van der Waals surface area contributed by atoms with Crippen LogP contribution in [0.3, 0.4) is 0 Å². The van der Waals surface area contributed by atoms with Gasteiger partial charge in [-0.25, -0.2) is 4.98 Å². The van der Waals surface area contributed by atoms with Crippen molar-refractivity contribution in [2.45, 2.75) is 19.9 Å². The van der Waals surface area contributed by atoms with Crippen LogP contribution < -0.4 is 16.0 Å². The van der Waals surface area contributed by atoms with Crippen LogP contribution in [0.5, 0.6) is 0 Å². The van der Waals surface area contributed by atoms with E-state index in [1.54, 1.807) is 0 Å². The van der Waals surface area contributed by atoms with Crippen LogP contribution >= 0.6 is 0 Å². The topological polar surface area (TPSA) is 71.2 Å². The third-order valence-corrected chi connectivity index (χ3v) is 2.87. The van der Waals surface area contributed by atoms with Gasteiger partial charge in [-0.05, 0) is 24.6 Å². The minimum atomic E-state index is 0.110. The molecule has 0 saturated carbocycles. The van der Waals surface area contributed by atoms with E-state index in [0.29, 0.717) is 26.1 Å². The van der Waals surface area contributed by atoms with E-state index in [4.69, 9.17) is 5.73 Å². The van der Waals surface area contributed by atoms with Crippen LogP contribution in [-0.2, 0) is 11.3 Å². The number of hydrogen-bond acceptors (Lipinski definition) is 4. The first-order valence-electron chi connectivity index (χ1n) is 5.88. The summed E-state index contributed by atoms with van der Waals surface area (Å²) in [5, 5.41) is 2.85. The lowest BCUT2D eigenvalue weighted by atomic mass is 10.2. The fourth-order valence-electron chi connectivity index (χ4n) is 2.00. The molecule has 1 aliphatic rings. The molecule has 92 valence electrons. The lowest BCUT2D eigenvalue weighted by Gasteiger charge is -2.21. The van der Waals surface area contributed by atoms with Crippen molar-refractivity contribution in [1.82, 2.24) is 10.3 Å². The van der Waals surface area contributed by atoms with Crippen molar-refractivity contribution in [1.29, 1.82) is 0 Å². The number of nitrogens with one attached hydrogen (secondary N) is 1. The zero-order valence-corrected chi connectivity index (χ0v) is 10.1. The Kier molecular flexibility index (Phi) is 3.58. The van der Waals surface area contributed by atoms with Gasteiger partial charge in [-0.3, -0.25) is 4.79 Å². The summed E-state index contributed by atoms with van der Waals surface area (Å²) in [6.45, 7) is 4.66. The molecule has 0 atom stereocenters. The number of nitrogens with zero attached hydrogens (tertiary/aromatic N) is 2. The van der Waals surface area contributed by atoms with Gasteiger partial charge >= 0.3 is 0 Å². The molecule has 0 spiro atoms. The number of carbonyl (C=O) groups excluding carboxylic acids is 1. The lowest BCUT2D eigenvalue weighted by Crippen LogP contribution is -2.29. The maximum atomic E-state index is 11.3. The van der Waals surface area contributed by atoms with Crippen molar-refractivity contribution in [2.24, 2.45) is 5.73 Å². The van der Waals surface area contributed by atoms with Gasteiger partial charge in [0, 0.05) is 38.3 Å². The van der Waals surface area contributed by atoms with Gasteiger partial charge in [-0.1, -0.05) is 0 Å². The largest absolute Gasteiger partial charge is 0.354 e. The highest BCUT2D eigenvalue weighted by Gasteiger charge is 2.15. The van der Waals surface area contributed by atoms with Crippen LogP contribution in [0.4, 0.5) is 5.82 Å². The molecule has 1 fully saturated rings. The number of pyridine rings is 1. The molecule has 2 rings (SSSR count). The molecule has 1 aromatic heterocycles. The molecule has 1 aliphatic heterocycles. The summed E-state index contributed by atoms with van der Waals surface area (Å²) in [7, 11) is 0. The Morgan fingerprint density at radius 3 is 3.06 bits per heavy atom. The average Bonchev–Trinajstić information content (AvgIpc) is 2.53. The van der Waals surface area contributed by atoms with Gasteiger partial charge in [0.2, 0.25) is 5.91 Å². The highest BCUT2D eigenvalue weighted by molar-refractivity contribution is 5.77. The van der Waals surface area contributed by atoms with Crippen LogP contribution in [-0.4, -0.2) is 30.5 Å². The third-order valence-electron chi connectivity index (χ3n) is 2.87. The number of carbonyl (C=O) groups is 1. The molecule has 0 radical (unpaired) electrons. The van der Waals surface area contributed by atoms with Crippen molar-refractivity contribution >= 4 is 11.7 Å². The SMILES string of the molecule is Cc1cc(CN)cc(N2CCNC(=O)CC2)n1. The van der Waals surface area contributed by atoms with E-state index < -0.39 is 0 Å². The second-order valence-electron chi connectivity index (χ2n) is 4.27. The number of rotatable bonds is 2. The third kappa shape index (κ3) is 2.94. The summed E-state index contributed by atoms with van der Waals surface area (Å²) < 4.78 is 0. The molecule has 5 heteroatoms. The highest BCUT2D eigenvalue weighted by atomic mass is 16.1. The quantitative estimate of drug-likeness (QED) is 0.765. The fourth-order valence-corrected chi connectivity index (χ4v) is 2.00. The summed E-state index contributed by atoms with van der Waals surface area (Å²) in [5.41, 5.74) is 7.70. The van der Waals surface area contributed by atoms with E-state index in [2.05, 4.69) is 15.2 Å². The number of aromatic nitrogens is 1. The van der Waals surface area contributed by atoms with Gasteiger partial charge in [0.05, 0.1) is 0 Å². The monoisotopic (exact) mass is 234 g/mol. The van der Waals surface area contributed by atoms with Crippen molar-refractivity contribution in [3.8, 4) is 0 Å². The predicted molar refractivity (Wildman–Crippen MR) is 66.7 cm³/mol. The summed E-state index contributed by atoms with van der Waals surface area (Å²) in [4.78, 5) is 17.9. The number of anilines is 1. The van der Waals surface area contributed by atoms with Gasteiger partial charge in [0.1, 0.15) is 5.82 Å². The molecule has 1 aromatic rings. The van der Waals surface area contributed by atoms with Crippen LogP contribution in [0.25, 0.3) is 0 Å². The van der Waals surface area contributed by atoms with E-state index >= 15 is 0 Å². The zero-order valence-electron chi connectivity index (χ0n) is 10.1. The Balaban J connectivity index is 2.20. The van der Waals surface area contributed by atoms with Crippen LogP contribution in [0.2, 0.25) is 0 Å². The van der Waals surface area contributed by atoms with E-state index in [1.165, 1.54) is 0 Å². The first kappa shape index (κ1) is 11.9. The van der Waals surface area contributed by atoms with E-state index in [1.807, 2.05) is 19.1 Å². The minimum absolute atomic E-state index is 0.110. The predicted octanol–water partition coefficient (Wildman–Crippen LogP) is 0.175. The average molecular weight is 234 g/mol. The molecule has 5 nitrogen and oxygen atoms in total. The molecular formula is C12H18N4O. The first-order valence-corrected chi connectivity index (χ1v) is 5.88. The Morgan fingerprint density at radius 2 is 2.29 bits per heavy atom. The number of nitrogens with two attached hydrogens (primary N) is 1. The van der Waals surface area contributed by atoms with Crippen LogP contribution in [0.1, 0.15) is 17.7 Å². The Hall–Kier alpha value is -1.62. The highest BCUT2D eigenvalue weighted by Crippen LogP contribution is 2.15. The van der Waals surface area contributed by atoms with E-state index in [9.17, 15) is 4.79 Å². The summed E-state index contributed by atoms with van der Waals surface area (Å²) >= 11 is 0. The number of amides is 1. The molecule has 0 aliphatic carbocycles. The molecule has 0 aromatic carbocycles. The van der Waals surface area contributed by atoms with Gasteiger partial charge in [0.15, 0.2) is 0 Å². The molecule has 1 saturated heterocycles. The summed E-state index contributed by atoms with van der Waals surface area (Å²) in [6, 6.07) is 3.99. The van der Waals surface area contributed by atoms with Gasteiger partial charge in [-0.15, -0.1) is 0 Å². The second-order valence-corrected chi connectivity index (χ2v) is 4.27. The summed E-state index contributed by atoms with van der Waals surface area (Å²) in [6.07, 6.45) is 0.521. The molecular weight excluding hydrogens is 216 g/mol. The van der Waals surface area contributed by atoms with Gasteiger partial charge in [-0.2, -0.15) is 0 Å². The molecule has 1 amide bonds. The standard InChI is InChI=1S/C12H18N4O/c1-9-6-10(8-13)7-11(15-9)16-4-2-12(17)14-3-5-16/h6-7H,2-5,8,13H2,1H3,(H,14,17). The van der Waals surface area contributed by atoms with Gasteiger partial charge < -0.3 is 16.0 Å². The number of aryl methyl sites for hydroxylation is 1. The molecule has 0 bridgehead atoms. The maximum absolute atomic E-state index is 11.3. The summed E-state index contributed by atoms with van der Waals surface area (Å²) in [5.74, 6) is 1.03.